The molecule has 100 valence electrons. The third-order valence-corrected chi connectivity index (χ3v) is 2.40. The van der Waals surface area contributed by atoms with Crippen molar-refractivity contribution in [2.45, 2.75) is 45.6 Å². The number of carbonyl (C=O) groups excluding carboxylic acids is 1. The molecule has 1 N–H and O–H groups in total. The number of nitrogens with one attached hydrogen (secondary N) is 1. The first-order chi connectivity index (χ1) is 7.97. The third-order valence-electron chi connectivity index (χ3n) is 2.40. The maximum Gasteiger partial charge on any atom is 0.307 e. The van der Waals surface area contributed by atoms with Gasteiger partial charge in [-0.2, -0.15) is 0 Å². The summed E-state index contributed by atoms with van der Waals surface area (Å²) >= 11 is 0. The monoisotopic (exact) mass is 243 g/mol. The van der Waals surface area contributed by atoms with Crippen LogP contribution in [0.1, 0.15) is 40.0 Å². The lowest BCUT2D eigenvalue weighted by molar-refractivity contribution is -0.154. The SMILES string of the molecule is CC(C)(C)OC(=O)CCNCCOCC1CC1. The van der Waals surface area contributed by atoms with Crippen LogP contribution in [0.25, 0.3) is 0 Å². The molecule has 0 heterocycles. The van der Waals surface area contributed by atoms with Crippen molar-refractivity contribution < 1.29 is 14.3 Å². The van der Waals surface area contributed by atoms with E-state index in [-0.39, 0.29) is 11.6 Å². The molecule has 0 aromatic carbocycles. The zero-order valence-electron chi connectivity index (χ0n) is 11.3. The van der Waals surface area contributed by atoms with Crippen LogP contribution in [-0.4, -0.2) is 37.9 Å². The fraction of sp³-hybridized carbons (Fsp3) is 0.923. The van der Waals surface area contributed by atoms with Crippen LogP contribution in [-0.2, 0) is 14.3 Å². The average Bonchev–Trinajstić information content (AvgIpc) is 2.97. The molecule has 1 saturated carbocycles. The molecule has 1 rings (SSSR count). The van der Waals surface area contributed by atoms with E-state index >= 15 is 0 Å². The zero-order chi connectivity index (χ0) is 12.7. The molecule has 1 fully saturated rings. The van der Waals surface area contributed by atoms with E-state index in [1.54, 1.807) is 0 Å². The van der Waals surface area contributed by atoms with Crippen molar-refractivity contribution in [2.75, 3.05) is 26.3 Å². The molecule has 4 nitrogen and oxygen atoms in total. The van der Waals surface area contributed by atoms with Crippen LogP contribution in [0, 0.1) is 5.92 Å². The molecule has 0 bridgehead atoms. The number of esters is 1. The van der Waals surface area contributed by atoms with Crippen LogP contribution in [0.3, 0.4) is 0 Å². The van der Waals surface area contributed by atoms with Gasteiger partial charge < -0.3 is 14.8 Å². The minimum atomic E-state index is -0.384. The minimum absolute atomic E-state index is 0.149. The van der Waals surface area contributed by atoms with Gasteiger partial charge in [-0.25, -0.2) is 0 Å². The van der Waals surface area contributed by atoms with Crippen LogP contribution in [0.5, 0.6) is 0 Å². The molecule has 0 aromatic rings. The molecule has 1 aliphatic rings. The Balaban J connectivity index is 1.84. The number of hydrogen-bond donors (Lipinski definition) is 1. The van der Waals surface area contributed by atoms with Crippen molar-refractivity contribution in [3.05, 3.63) is 0 Å². The van der Waals surface area contributed by atoms with Crippen molar-refractivity contribution in [2.24, 2.45) is 5.92 Å². The highest BCUT2D eigenvalue weighted by Crippen LogP contribution is 2.28. The van der Waals surface area contributed by atoms with Gasteiger partial charge in [-0.05, 0) is 39.5 Å². The van der Waals surface area contributed by atoms with Crippen LogP contribution in [0.2, 0.25) is 0 Å². The van der Waals surface area contributed by atoms with Gasteiger partial charge in [0, 0.05) is 19.7 Å². The summed E-state index contributed by atoms with van der Waals surface area (Å²) in [6.45, 7) is 8.72. The summed E-state index contributed by atoms with van der Waals surface area (Å²) in [6, 6.07) is 0. The van der Waals surface area contributed by atoms with Crippen LogP contribution >= 0.6 is 0 Å². The summed E-state index contributed by atoms with van der Waals surface area (Å²) in [6.07, 6.45) is 3.07. The van der Waals surface area contributed by atoms with Crippen molar-refractivity contribution in [3.8, 4) is 0 Å². The Morgan fingerprint density at radius 3 is 2.59 bits per heavy atom. The summed E-state index contributed by atoms with van der Waals surface area (Å²) in [5, 5.41) is 3.17. The number of ether oxygens (including phenoxy) is 2. The van der Waals surface area contributed by atoms with Gasteiger partial charge in [-0.1, -0.05) is 0 Å². The first-order valence-corrected chi connectivity index (χ1v) is 6.48. The Bertz CT molecular complexity index is 231. The second-order valence-electron chi connectivity index (χ2n) is 5.60. The quantitative estimate of drug-likeness (QED) is 0.521. The van der Waals surface area contributed by atoms with Gasteiger partial charge in [0.25, 0.3) is 0 Å². The van der Waals surface area contributed by atoms with E-state index in [9.17, 15) is 4.79 Å². The minimum Gasteiger partial charge on any atom is -0.460 e. The van der Waals surface area contributed by atoms with Crippen molar-refractivity contribution in [1.29, 1.82) is 0 Å². The fourth-order valence-electron chi connectivity index (χ4n) is 1.39. The van der Waals surface area contributed by atoms with E-state index in [4.69, 9.17) is 9.47 Å². The number of hydrogen-bond acceptors (Lipinski definition) is 4. The van der Waals surface area contributed by atoms with Gasteiger partial charge >= 0.3 is 5.97 Å². The molecule has 4 heteroatoms. The molecule has 0 aromatic heterocycles. The zero-order valence-corrected chi connectivity index (χ0v) is 11.3. The predicted octanol–water partition coefficient (Wildman–Crippen LogP) is 1.73. The Labute approximate surface area is 104 Å². The van der Waals surface area contributed by atoms with Gasteiger partial charge in [-0.3, -0.25) is 4.79 Å². The van der Waals surface area contributed by atoms with Crippen molar-refractivity contribution in [3.63, 3.8) is 0 Å². The van der Waals surface area contributed by atoms with Crippen molar-refractivity contribution >= 4 is 5.97 Å². The summed E-state index contributed by atoms with van der Waals surface area (Å²) in [5.41, 5.74) is -0.384. The Hall–Kier alpha value is -0.610. The molecule has 0 amide bonds. The predicted molar refractivity (Wildman–Crippen MR) is 66.9 cm³/mol. The molecule has 0 atom stereocenters. The molecule has 17 heavy (non-hydrogen) atoms. The highest BCUT2D eigenvalue weighted by Gasteiger charge is 2.20. The van der Waals surface area contributed by atoms with Crippen LogP contribution < -0.4 is 5.32 Å². The highest BCUT2D eigenvalue weighted by atomic mass is 16.6. The Morgan fingerprint density at radius 1 is 1.29 bits per heavy atom. The molecule has 0 unspecified atom stereocenters. The van der Waals surface area contributed by atoms with Gasteiger partial charge in [0.2, 0.25) is 0 Å². The lowest BCUT2D eigenvalue weighted by atomic mass is 10.2. The van der Waals surface area contributed by atoms with Crippen LogP contribution in [0.4, 0.5) is 0 Å². The van der Waals surface area contributed by atoms with Gasteiger partial charge in [0.05, 0.1) is 13.0 Å². The smallest absolute Gasteiger partial charge is 0.307 e. The first-order valence-electron chi connectivity index (χ1n) is 6.48. The van der Waals surface area contributed by atoms with Gasteiger partial charge in [0.1, 0.15) is 5.60 Å². The number of rotatable bonds is 8. The lowest BCUT2D eigenvalue weighted by Gasteiger charge is -2.19. The Morgan fingerprint density at radius 2 is 2.00 bits per heavy atom. The fourth-order valence-corrected chi connectivity index (χ4v) is 1.39. The molecule has 0 radical (unpaired) electrons. The topological polar surface area (TPSA) is 47.6 Å². The van der Waals surface area contributed by atoms with E-state index in [1.807, 2.05) is 20.8 Å². The molecule has 1 aliphatic carbocycles. The van der Waals surface area contributed by atoms with E-state index in [2.05, 4.69) is 5.32 Å². The standard InChI is InChI=1S/C13H25NO3/c1-13(2,3)17-12(15)6-7-14-8-9-16-10-11-4-5-11/h11,14H,4-10H2,1-3H3. The molecular formula is C13H25NO3. The second kappa shape index (κ2) is 6.97. The van der Waals surface area contributed by atoms with Gasteiger partial charge in [-0.15, -0.1) is 0 Å². The second-order valence-corrected chi connectivity index (χ2v) is 5.60. The van der Waals surface area contributed by atoms with Crippen LogP contribution in [0.15, 0.2) is 0 Å². The number of carbonyl (C=O) groups is 1. The maximum atomic E-state index is 11.4. The van der Waals surface area contributed by atoms with E-state index in [0.29, 0.717) is 13.0 Å². The maximum absolute atomic E-state index is 11.4. The summed E-state index contributed by atoms with van der Waals surface area (Å²) in [4.78, 5) is 11.4. The van der Waals surface area contributed by atoms with Crippen molar-refractivity contribution in [1.82, 2.24) is 5.32 Å². The largest absolute Gasteiger partial charge is 0.460 e. The molecule has 0 saturated heterocycles. The lowest BCUT2D eigenvalue weighted by Crippen LogP contribution is -2.28. The van der Waals surface area contributed by atoms with E-state index in [0.717, 1.165) is 25.7 Å². The summed E-state index contributed by atoms with van der Waals surface area (Å²) < 4.78 is 10.7. The molecule has 0 aliphatic heterocycles. The summed E-state index contributed by atoms with van der Waals surface area (Å²) in [5.74, 6) is 0.667. The van der Waals surface area contributed by atoms with E-state index in [1.165, 1.54) is 12.8 Å². The summed E-state index contributed by atoms with van der Waals surface area (Å²) in [7, 11) is 0. The molecule has 0 spiro atoms. The highest BCUT2D eigenvalue weighted by molar-refractivity contribution is 5.70. The third kappa shape index (κ3) is 9.12. The molecular weight excluding hydrogens is 218 g/mol. The van der Waals surface area contributed by atoms with E-state index < -0.39 is 0 Å². The first kappa shape index (κ1) is 14.5. The Kier molecular flexibility index (Phi) is 5.92. The normalized spacial score (nSPS) is 15.9. The van der Waals surface area contributed by atoms with Gasteiger partial charge in [0.15, 0.2) is 0 Å². The average molecular weight is 243 g/mol.